The molecule has 5 heteroatoms. The van der Waals surface area contributed by atoms with Gasteiger partial charge in [0.25, 0.3) is 0 Å². The standard InChI is InChI=1S/C60H41N5/c1-60(2)55-34-43(24-25-53(55)54-19-9-16-44(36-61)58(54)60)47-28-51(50-30-48(45-17-10-26-62-37-45)29-49(31-50)46-18-11-27-63-38-46)33-52(32-47)57-35-56(64-59(65-57)42-14-7-4-8-15-42)41-22-20-40(21-23-41)39-12-5-3-6-13-39/h3-35,37-38H,1-2H3. The summed E-state index contributed by atoms with van der Waals surface area (Å²) in [6, 6.07) is 68.3. The summed E-state index contributed by atoms with van der Waals surface area (Å²) in [5.74, 6) is 0.653. The summed E-state index contributed by atoms with van der Waals surface area (Å²) in [6.07, 6.45) is 7.44. The Bertz CT molecular complexity index is 3370. The van der Waals surface area contributed by atoms with Crippen LogP contribution in [0.1, 0.15) is 30.5 Å². The maximum atomic E-state index is 10.2. The molecule has 0 spiro atoms. The zero-order chi connectivity index (χ0) is 43.9. The largest absolute Gasteiger partial charge is 0.264 e. The topological polar surface area (TPSA) is 75.3 Å². The van der Waals surface area contributed by atoms with Crippen LogP contribution in [0.15, 0.2) is 213 Å². The highest BCUT2D eigenvalue weighted by Gasteiger charge is 2.37. The van der Waals surface area contributed by atoms with E-state index in [0.717, 1.165) is 94.8 Å². The van der Waals surface area contributed by atoms with Crippen molar-refractivity contribution in [3.8, 4) is 107 Å². The van der Waals surface area contributed by atoms with Crippen molar-refractivity contribution in [2.24, 2.45) is 0 Å². The third kappa shape index (κ3) is 7.37. The van der Waals surface area contributed by atoms with Crippen molar-refractivity contribution in [2.45, 2.75) is 19.3 Å². The molecule has 3 heterocycles. The zero-order valence-electron chi connectivity index (χ0n) is 35.9. The van der Waals surface area contributed by atoms with Crippen LogP contribution in [0.25, 0.3) is 101 Å². The lowest BCUT2D eigenvalue weighted by Gasteiger charge is -2.23. The molecule has 0 bridgehead atoms. The molecule has 5 nitrogen and oxygen atoms in total. The number of benzene rings is 7. The molecule has 7 aromatic carbocycles. The van der Waals surface area contributed by atoms with E-state index in [1.807, 2.05) is 60.9 Å². The first-order valence-electron chi connectivity index (χ1n) is 21.8. The van der Waals surface area contributed by atoms with Crippen molar-refractivity contribution in [1.82, 2.24) is 19.9 Å². The fourth-order valence-corrected chi connectivity index (χ4v) is 9.38. The number of pyridine rings is 2. The van der Waals surface area contributed by atoms with Gasteiger partial charge < -0.3 is 0 Å². The Morgan fingerprint density at radius 3 is 1.46 bits per heavy atom. The van der Waals surface area contributed by atoms with Gasteiger partial charge >= 0.3 is 0 Å². The summed E-state index contributed by atoms with van der Waals surface area (Å²) in [7, 11) is 0. The Kier molecular flexibility index (Phi) is 9.83. The molecule has 0 N–H and O–H groups in total. The summed E-state index contributed by atoms with van der Waals surface area (Å²) in [4.78, 5) is 19.5. The molecule has 0 fully saturated rings. The van der Waals surface area contributed by atoms with Crippen LogP contribution in [0.2, 0.25) is 0 Å². The summed E-state index contributed by atoms with van der Waals surface area (Å²) < 4.78 is 0. The van der Waals surface area contributed by atoms with Crippen LogP contribution in [0.5, 0.6) is 0 Å². The van der Waals surface area contributed by atoms with Crippen LogP contribution in [-0.4, -0.2) is 19.9 Å². The predicted octanol–water partition coefficient (Wildman–Crippen LogP) is 14.8. The molecule has 1 aliphatic rings. The van der Waals surface area contributed by atoms with Crippen LogP contribution >= 0.6 is 0 Å². The lowest BCUT2D eigenvalue weighted by atomic mass is 9.79. The average molecular weight is 832 g/mol. The van der Waals surface area contributed by atoms with Gasteiger partial charge in [-0.1, -0.05) is 135 Å². The van der Waals surface area contributed by atoms with E-state index in [2.05, 4.69) is 169 Å². The number of aromatic nitrogens is 4. The monoisotopic (exact) mass is 831 g/mol. The molecule has 3 aromatic heterocycles. The van der Waals surface area contributed by atoms with Gasteiger partial charge in [0.05, 0.1) is 23.0 Å². The van der Waals surface area contributed by atoms with E-state index in [1.54, 1.807) is 12.4 Å². The van der Waals surface area contributed by atoms with Gasteiger partial charge in [0.15, 0.2) is 5.82 Å². The van der Waals surface area contributed by atoms with E-state index in [1.165, 1.54) is 16.7 Å². The van der Waals surface area contributed by atoms with E-state index in [-0.39, 0.29) is 5.41 Å². The van der Waals surface area contributed by atoms with Gasteiger partial charge in [0.2, 0.25) is 0 Å². The molecule has 0 unspecified atom stereocenters. The molecule has 0 radical (unpaired) electrons. The molecular weight excluding hydrogens is 791 g/mol. The maximum Gasteiger partial charge on any atom is 0.160 e. The third-order valence-corrected chi connectivity index (χ3v) is 12.7. The van der Waals surface area contributed by atoms with Crippen molar-refractivity contribution in [3.05, 3.63) is 230 Å². The fourth-order valence-electron chi connectivity index (χ4n) is 9.38. The second kappa shape index (κ2) is 16.3. The summed E-state index contributed by atoms with van der Waals surface area (Å²) in [5.41, 5.74) is 20.2. The minimum atomic E-state index is -0.369. The molecular formula is C60H41N5. The molecule has 0 saturated carbocycles. The quantitative estimate of drug-likeness (QED) is 0.152. The number of hydrogen-bond acceptors (Lipinski definition) is 5. The Hall–Kier alpha value is -8.59. The second-order valence-electron chi connectivity index (χ2n) is 17.1. The Balaban J connectivity index is 1.13. The van der Waals surface area contributed by atoms with Crippen molar-refractivity contribution in [2.75, 3.05) is 0 Å². The highest BCUT2D eigenvalue weighted by atomic mass is 14.9. The Labute approximate surface area is 379 Å². The molecule has 0 atom stereocenters. The minimum absolute atomic E-state index is 0.369. The van der Waals surface area contributed by atoms with E-state index in [4.69, 9.17) is 9.97 Å². The van der Waals surface area contributed by atoms with Gasteiger partial charge in [-0.05, 0) is 133 Å². The van der Waals surface area contributed by atoms with Gasteiger partial charge in [0.1, 0.15) is 0 Å². The number of fused-ring (bicyclic) bond motifs is 3. The van der Waals surface area contributed by atoms with Gasteiger partial charge in [0, 0.05) is 58.0 Å². The van der Waals surface area contributed by atoms with Crippen LogP contribution in [-0.2, 0) is 5.41 Å². The van der Waals surface area contributed by atoms with Crippen molar-refractivity contribution in [3.63, 3.8) is 0 Å². The van der Waals surface area contributed by atoms with Gasteiger partial charge in [-0.15, -0.1) is 0 Å². The first-order valence-corrected chi connectivity index (χ1v) is 21.8. The van der Waals surface area contributed by atoms with Crippen molar-refractivity contribution in [1.29, 1.82) is 5.26 Å². The molecule has 306 valence electrons. The number of rotatable bonds is 8. The maximum absolute atomic E-state index is 10.2. The molecule has 10 aromatic rings. The predicted molar refractivity (Wildman–Crippen MR) is 263 cm³/mol. The SMILES string of the molecule is CC1(C)c2cc(-c3cc(-c4cc(-c5cccnc5)cc(-c5cccnc5)c4)cc(-c4cc(-c5ccc(-c6ccccc6)cc5)nc(-c5ccccc5)n4)c3)ccc2-c2cccc(C#N)c21. The molecule has 11 rings (SSSR count). The van der Waals surface area contributed by atoms with Crippen LogP contribution in [0.4, 0.5) is 0 Å². The third-order valence-electron chi connectivity index (χ3n) is 12.7. The average Bonchev–Trinajstić information content (AvgIpc) is 3.62. The minimum Gasteiger partial charge on any atom is -0.264 e. The van der Waals surface area contributed by atoms with E-state index < -0.39 is 0 Å². The summed E-state index contributed by atoms with van der Waals surface area (Å²) in [5, 5.41) is 10.2. The number of nitriles is 1. The van der Waals surface area contributed by atoms with Crippen LogP contribution in [0, 0.1) is 11.3 Å². The molecule has 1 aliphatic carbocycles. The second-order valence-corrected chi connectivity index (χ2v) is 17.1. The lowest BCUT2D eigenvalue weighted by molar-refractivity contribution is 0.658. The number of hydrogen-bond donors (Lipinski definition) is 0. The number of nitrogens with zero attached hydrogens (tertiary/aromatic N) is 5. The first-order chi connectivity index (χ1) is 31.9. The Morgan fingerprint density at radius 1 is 0.385 bits per heavy atom. The van der Waals surface area contributed by atoms with Crippen molar-refractivity contribution < 1.29 is 0 Å². The van der Waals surface area contributed by atoms with Gasteiger partial charge in [-0.25, -0.2) is 9.97 Å². The van der Waals surface area contributed by atoms with E-state index in [9.17, 15) is 5.26 Å². The van der Waals surface area contributed by atoms with Crippen molar-refractivity contribution >= 4 is 0 Å². The molecule has 0 saturated heterocycles. The summed E-state index contributed by atoms with van der Waals surface area (Å²) in [6.45, 7) is 4.46. The molecule has 0 aliphatic heterocycles. The smallest absolute Gasteiger partial charge is 0.160 e. The molecule has 0 amide bonds. The summed E-state index contributed by atoms with van der Waals surface area (Å²) >= 11 is 0. The van der Waals surface area contributed by atoms with E-state index in [0.29, 0.717) is 5.82 Å². The van der Waals surface area contributed by atoms with Crippen LogP contribution < -0.4 is 0 Å². The van der Waals surface area contributed by atoms with Gasteiger partial charge in [-0.3, -0.25) is 9.97 Å². The van der Waals surface area contributed by atoms with E-state index >= 15 is 0 Å². The highest BCUT2D eigenvalue weighted by molar-refractivity contribution is 5.89. The van der Waals surface area contributed by atoms with Crippen LogP contribution in [0.3, 0.4) is 0 Å². The normalized spacial score (nSPS) is 12.3. The highest BCUT2D eigenvalue weighted by Crippen LogP contribution is 2.51. The first kappa shape index (κ1) is 39.3. The van der Waals surface area contributed by atoms with Gasteiger partial charge in [-0.2, -0.15) is 5.26 Å². The molecule has 65 heavy (non-hydrogen) atoms. The fraction of sp³-hybridized carbons (Fsp3) is 0.0500. The zero-order valence-corrected chi connectivity index (χ0v) is 35.9. The lowest BCUT2D eigenvalue weighted by Crippen LogP contribution is -2.16. The Morgan fingerprint density at radius 2 is 0.877 bits per heavy atom.